The minimum absolute atomic E-state index is 0.132. The van der Waals surface area contributed by atoms with Crippen molar-refractivity contribution < 1.29 is 19.2 Å². The van der Waals surface area contributed by atoms with Gasteiger partial charge in [0.2, 0.25) is 5.91 Å². The minimum atomic E-state index is -0.446. The first-order chi connectivity index (χ1) is 12.4. The summed E-state index contributed by atoms with van der Waals surface area (Å²) in [4.78, 5) is 52.8. The summed E-state index contributed by atoms with van der Waals surface area (Å²) in [5.74, 6) is -0.872. The lowest BCUT2D eigenvalue weighted by Gasteiger charge is -2.26. The van der Waals surface area contributed by atoms with E-state index in [1.807, 2.05) is 0 Å². The van der Waals surface area contributed by atoms with Crippen molar-refractivity contribution in [1.82, 2.24) is 14.7 Å². The summed E-state index contributed by atoms with van der Waals surface area (Å²) in [5.41, 5.74) is 1.01. The normalized spacial score (nSPS) is 19.4. The molecule has 0 bridgehead atoms. The van der Waals surface area contributed by atoms with Gasteiger partial charge in [-0.1, -0.05) is 0 Å². The Kier molecular flexibility index (Phi) is 4.92. The Labute approximate surface area is 151 Å². The van der Waals surface area contributed by atoms with Crippen LogP contribution in [0.4, 0.5) is 10.5 Å². The van der Waals surface area contributed by atoms with Crippen molar-refractivity contribution in [3.8, 4) is 0 Å². The largest absolute Gasteiger partial charge is 0.345 e. The van der Waals surface area contributed by atoms with Crippen molar-refractivity contribution in [2.45, 2.75) is 25.3 Å². The van der Waals surface area contributed by atoms with Crippen LogP contribution in [0.2, 0.25) is 0 Å². The van der Waals surface area contributed by atoms with Crippen LogP contribution in [0.15, 0.2) is 24.3 Å². The van der Waals surface area contributed by atoms with Gasteiger partial charge in [0.05, 0.1) is 0 Å². The number of imide groups is 1. The van der Waals surface area contributed by atoms with Gasteiger partial charge in [-0.05, 0) is 43.5 Å². The van der Waals surface area contributed by atoms with Gasteiger partial charge in [0, 0.05) is 31.9 Å². The summed E-state index contributed by atoms with van der Waals surface area (Å²) in [6, 6.07) is 5.66. The van der Waals surface area contributed by atoms with E-state index in [0.29, 0.717) is 24.2 Å². The van der Waals surface area contributed by atoms with E-state index in [-0.39, 0.29) is 24.4 Å². The number of anilines is 1. The molecule has 8 heteroatoms. The first kappa shape index (κ1) is 17.9. The maximum absolute atomic E-state index is 12.4. The molecule has 0 unspecified atom stereocenters. The molecular formula is C18H22N4O4. The Morgan fingerprint density at radius 1 is 1.15 bits per heavy atom. The zero-order valence-electron chi connectivity index (χ0n) is 14.9. The number of hydrogen-bond acceptors (Lipinski definition) is 4. The molecule has 5 amide bonds. The summed E-state index contributed by atoms with van der Waals surface area (Å²) < 4.78 is 0. The fourth-order valence-electron chi connectivity index (χ4n) is 3.29. The van der Waals surface area contributed by atoms with Crippen LogP contribution in [0.3, 0.4) is 0 Å². The van der Waals surface area contributed by atoms with Crippen molar-refractivity contribution in [2.24, 2.45) is 0 Å². The predicted molar refractivity (Wildman–Crippen MR) is 94.5 cm³/mol. The van der Waals surface area contributed by atoms with E-state index in [9.17, 15) is 19.2 Å². The van der Waals surface area contributed by atoms with E-state index in [2.05, 4.69) is 5.32 Å². The molecule has 2 fully saturated rings. The fourth-order valence-corrected chi connectivity index (χ4v) is 3.29. The first-order valence-electron chi connectivity index (χ1n) is 8.62. The van der Waals surface area contributed by atoms with Crippen LogP contribution >= 0.6 is 0 Å². The molecule has 2 heterocycles. The number of carbonyl (C=O) groups is 4. The molecule has 1 atom stereocenters. The molecule has 1 aromatic carbocycles. The highest BCUT2D eigenvalue weighted by atomic mass is 16.2. The lowest BCUT2D eigenvalue weighted by Crippen LogP contribution is -2.39. The van der Waals surface area contributed by atoms with E-state index in [4.69, 9.17) is 0 Å². The lowest BCUT2D eigenvalue weighted by molar-refractivity contribution is -0.131. The Hall–Kier alpha value is -2.90. The van der Waals surface area contributed by atoms with Crippen molar-refractivity contribution in [3.63, 3.8) is 0 Å². The van der Waals surface area contributed by atoms with Crippen molar-refractivity contribution in [1.29, 1.82) is 0 Å². The number of piperidine rings is 1. The van der Waals surface area contributed by atoms with Gasteiger partial charge in [0.25, 0.3) is 11.8 Å². The highest BCUT2D eigenvalue weighted by molar-refractivity contribution is 6.08. The number of amides is 5. The Balaban J connectivity index is 1.61. The van der Waals surface area contributed by atoms with Crippen LogP contribution in [0.5, 0.6) is 0 Å². The fraction of sp³-hybridized carbons (Fsp3) is 0.444. The van der Waals surface area contributed by atoms with Crippen LogP contribution in [-0.4, -0.2) is 71.7 Å². The smallest absolute Gasteiger partial charge is 0.327 e. The maximum atomic E-state index is 12.4. The number of nitrogens with one attached hydrogen (secondary N) is 1. The van der Waals surface area contributed by atoms with Gasteiger partial charge in [-0.15, -0.1) is 0 Å². The molecule has 26 heavy (non-hydrogen) atoms. The molecule has 2 aliphatic heterocycles. The average Bonchev–Trinajstić information content (AvgIpc) is 2.87. The number of hydrogen-bond donors (Lipinski definition) is 1. The number of rotatable bonds is 4. The SMILES string of the molecule is CN(C)C(=O)c1ccc(NC(=O)CN2C(=O)[C@H]3CCCCN3C2=O)cc1. The van der Waals surface area contributed by atoms with Gasteiger partial charge in [-0.3, -0.25) is 19.3 Å². The molecule has 0 aliphatic carbocycles. The molecule has 0 spiro atoms. The highest BCUT2D eigenvalue weighted by Crippen LogP contribution is 2.26. The topological polar surface area (TPSA) is 90.0 Å². The third-order valence-electron chi connectivity index (χ3n) is 4.65. The van der Waals surface area contributed by atoms with Crippen LogP contribution in [0.25, 0.3) is 0 Å². The Bertz CT molecular complexity index is 720. The van der Waals surface area contributed by atoms with Gasteiger partial charge >= 0.3 is 6.03 Å². The van der Waals surface area contributed by atoms with E-state index in [1.54, 1.807) is 43.3 Å². The Morgan fingerprint density at radius 2 is 1.85 bits per heavy atom. The first-order valence-corrected chi connectivity index (χ1v) is 8.62. The zero-order valence-corrected chi connectivity index (χ0v) is 14.9. The van der Waals surface area contributed by atoms with Gasteiger partial charge in [0.15, 0.2) is 0 Å². The second-order valence-electron chi connectivity index (χ2n) is 6.74. The quantitative estimate of drug-likeness (QED) is 0.818. The summed E-state index contributed by atoms with van der Waals surface area (Å²) in [6.07, 6.45) is 2.45. The molecule has 0 aromatic heterocycles. The van der Waals surface area contributed by atoms with Crippen LogP contribution in [0, 0.1) is 0 Å². The van der Waals surface area contributed by atoms with Crippen molar-refractivity contribution in [3.05, 3.63) is 29.8 Å². The van der Waals surface area contributed by atoms with Crippen LogP contribution in [-0.2, 0) is 9.59 Å². The lowest BCUT2D eigenvalue weighted by atomic mass is 10.0. The minimum Gasteiger partial charge on any atom is -0.345 e. The average molecular weight is 358 g/mol. The number of urea groups is 1. The summed E-state index contributed by atoms with van der Waals surface area (Å²) in [5, 5.41) is 2.66. The highest BCUT2D eigenvalue weighted by Gasteiger charge is 2.46. The van der Waals surface area contributed by atoms with Gasteiger partial charge in [-0.2, -0.15) is 0 Å². The van der Waals surface area contributed by atoms with E-state index < -0.39 is 11.9 Å². The number of carbonyl (C=O) groups excluding carboxylic acids is 4. The third kappa shape index (κ3) is 3.40. The summed E-state index contributed by atoms with van der Waals surface area (Å²) in [6.45, 7) is 0.262. The van der Waals surface area contributed by atoms with E-state index >= 15 is 0 Å². The summed E-state index contributed by atoms with van der Waals surface area (Å²) in [7, 11) is 3.32. The summed E-state index contributed by atoms with van der Waals surface area (Å²) >= 11 is 0. The van der Waals surface area contributed by atoms with E-state index in [0.717, 1.165) is 17.7 Å². The number of benzene rings is 1. The second kappa shape index (κ2) is 7.15. The molecule has 1 aromatic rings. The molecule has 0 saturated carbocycles. The van der Waals surface area contributed by atoms with Gasteiger partial charge in [0.1, 0.15) is 12.6 Å². The monoisotopic (exact) mass is 358 g/mol. The van der Waals surface area contributed by atoms with Crippen LogP contribution < -0.4 is 5.32 Å². The molecular weight excluding hydrogens is 336 g/mol. The number of nitrogens with zero attached hydrogens (tertiary/aromatic N) is 3. The van der Waals surface area contributed by atoms with Crippen molar-refractivity contribution >= 4 is 29.4 Å². The predicted octanol–water partition coefficient (Wildman–Crippen LogP) is 1.14. The maximum Gasteiger partial charge on any atom is 0.327 e. The molecule has 138 valence electrons. The molecule has 1 N–H and O–H groups in total. The van der Waals surface area contributed by atoms with Gasteiger partial charge < -0.3 is 15.1 Å². The molecule has 8 nitrogen and oxygen atoms in total. The molecule has 0 radical (unpaired) electrons. The van der Waals surface area contributed by atoms with Crippen molar-refractivity contribution in [2.75, 3.05) is 32.5 Å². The zero-order chi connectivity index (χ0) is 18.8. The van der Waals surface area contributed by atoms with Gasteiger partial charge in [-0.25, -0.2) is 4.79 Å². The van der Waals surface area contributed by atoms with E-state index in [1.165, 1.54) is 4.90 Å². The molecule has 2 aliphatic rings. The van der Waals surface area contributed by atoms with Crippen LogP contribution in [0.1, 0.15) is 29.6 Å². The molecule has 2 saturated heterocycles. The number of fused-ring (bicyclic) bond motifs is 1. The standard InChI is InChI=1S/C18H22N4O4/c1-20(2)16(24)12-6-8-13(9-7-12)19-15(23)11-22-17(25)14-5-3-4-10-21(14)18(22)26/h6-9,14H,3-5,10-11H2,1-2H3,(H,19,23)/t14-/m1/s1. The second-order valence-corrected chi connectivity index (χ2v) is 6.74. The Morgan fingerprint density at radius 3 is 2.46 bits per heavy atom. The third-order valence-corrected chi connectivity index (χ3v) is 4.65. The molecule has 3 rings (SSSR count).